The Morgan fingerprint density at radius 2 is 1.89 bits per heavy atom. The average molecular weight is 533 g/mol. The summed E-state index contributed by atoms with van der Waals surface area (Å²) in [6, 6.07) is 13.9. The first kappa shape index (κ1) is 28.1. The molecule has 38 heavy (non-hydrogen) atoms. The second-order valence-electron chi connectivity index (χ2n) is 8.39. The second kappa shape index (κ2) is 12.7. The number of alkyl halides is 3. The lowest BCUT2D eigenvalue weighted by Gasteiger charge is -2.16. The molecule has 0 amide bonds. The molecule has 0 bridgehead atoms. The van der Waals surface area contributed by atoms with Gasteiger partial charge in [-0.3, -0.25) is 4.79 Å². The fourth-order valence-electron chi connectivity index (χ4n) is 3.81. The third-order valence-electron chi connectivity index (χ3n) is 5.51. The number of H-pyrrole nitrogens is 2. The third-order valence-corrected chi connectivity index (χ3v) is 5.51. The SMILES string of the molecule is Cc1cccc(C(CC(=O)O)c2c[nH]c3cc(OCCCNc4ncc[nH]4)ccc23)c1.O=C(O)C(F)(F)F. The quantitative estimate of drug-likeness (QED) is 0.174. The number of aliphatic carboxylic acids is 2. The van der Waals surface area contributed by atoms with Crippen molar-refractivity contribution in [2.24, 2.45) is 0 Å². The van der Waals surface area contributed by atoms with Gasteiger partial charge in [0.2, 0.25) is 0 Å². The molecule has 12 heteroatoms. The van der Waals surface area contributed by atoms with Crippen LogP contribution in [0, 0.1) is 6.92 Å². The number of hydrogen-bond donors (Lipinski definition) is 5. The minimum atomic E-state index is -5.08. The van der Waals surface area contributed by atoms with Gasteiger partial charge in [0.05, 0.1) is 13.0 Å². The zero-order valence-electron chi connectivity index (χ0n) is 20.4. The van der Waals surface area contributed by atoms with Crippen LogP contribution in [0.4, 0.5) is 19.1 Å². The number of rotatable bonds is 10. The van der Waals surface area contributed by atoms with Gasteiger partial charge in [0.15, 0.2) is 5.95 Å². The molecule has 4 aromatic rings. The number of carbonyl (C=O) groups is 2. The Hall–Kier alpha value is -4.48. The van der Waals surface area contributed by atoms with Crippen LogP contribution in [0.1, 0.15) is 35.4 Å². The number of aryl methyl sites for hydroxylation is 1. The lowest BCUT2D eigenvalue weighted by molar-refractivity contribution is -0.192. The monoisotopic (exact) mass is 532 g/mol. The molecule has 1 atom stereocenters. The van der Waals surface area contributed by atoms with Crippen LogP contribution in [0.25, 0.3) is 10.9 Å². The number of benzene rings is 2. The van der Waals surface area contributed by atoms with Crippen molar-refractivity contribution in [2.75, 3.05) is 18.5 Å². The van der Waals surface area contributed by atoms with Gasteiger partial charge >= 0.3 is 18.1 Å². The summed E-state index contributed by atoms with van der Waals surface area (Å²) in [5.74, 6) is -2.25. The predicted molar refractivity (Wildman–Crippen MR) is 134 cm³/mol. The lowest BCUT2D eigenvalue weighted by atomic mass is 9.87. The Morgan fingerprint density at radius 1 is 1.13 bits per heavy atom. The van der Waals surface area contributed by atoms with Crippen LogP contribution in [0.15, 0.2) is 61.1 Å². The molecule has 0 fully saturated rings. The van der Waals surface area contributed by atoms with Crippen molar-refractivity contribution in [1.29, 1.82) is 0 Å². The first-order valence-corrected chi connectivity index (χ1v) is 11.6. The summed E-state index contributed by atoms with van der Waals surface area (Å²) >= 11 is 0. The van der Waals surface area contributed by atoms with Gasteiger partial charge in [-0.05, 0) is 36.6 Å². The third kappa shape index (κ3) is 8.02. The van der Waals surface area contributed by atoms with Crippen molar-refractivity contribution in [3.8, 4) is 5.75 Å². The highest BCUT2D eigenvalue weighted by Gasteiger charge is 2.38. The Balaban J connectivity index is 0.000000505. The van der Waals surface area contributed by atoms with E-state index in [-0.39, 0.29) is 12.3 Å². The van der Waals surface area contributed by atoms with E-state index in [4.69, 9.17) is 14.6 Å². The Morgan fingerprint density at radius 3 is 2.53 bits per heavy atom. The number of fused-ring (bicyclic) bond motifs is 1. The molecular formula is C26H27F3N4O5. The highest BCUT2D eigenvalue weighted by molar-refractivity contribution is 5.86. The number of nitrogens with zero attached hydrogens (tertiary/aromatic N) is 1. The molecule has 9 nitrogen and oxygen atoms in total. The summed E-state index contributed by atoms with van der Waals surface area (Å²) in [6.45, 7) is 3.36. The standard InChI is InChI=1S/C24H26N4O3.C2HF3O2/c1-16-4-2-5-17(12-16)20(14-23(29)30)21-15-28-22-13-18(6-7-19(21)22)31-11-3-8-25-24-26-9-10-27-24;3-2(4,5)1(6)7/h2,4-7,9-10,12-13,15,20,28H,3,8,11,14H2,1H3,(H,29,30)(H2,25,26,27);(H,6,7). The van der Waals surface area contributed by atoms with Gasteiger partial charge in [0.1, 0.15) is 5.75 Å². The number of aromatic amines is 2. The van der Waals surface area contributed by atoms with Crippen LogP contribution in [0.3, 0.4) is 0 Å². The minimum Gasteiger partial charge on any atom is -0.493 e. The predicted octanol–water partition coefficient (Wildman–Crippen LogP) is 5.32. The normalized spacial score (nSPS) is 11.9. The van der Waals surface area contributed by atoms with Gasteiger partial charge in [0.25, 0.3) is 0 Å². The zero-order valence-corrected chi connectivity index (χ0v) is 20.4. The van der Waals surface area contributed by atoms with E-state index in [0.717, 1.165) is 52.3 Å². The molecule has 0 saturated carbocycles. The fourth-order valence-corrected chi connectivity index (χ4v) is 3.81. The Bertz CT molecular complexity index is 1350. The number of aromatic nitrogens is 3. The summed E-state index contributed by atoms with van der Waals surface area (Å²) in [7, 11) is 0. The van der Waals surface area contributed by atoms with Gasteiger partial charge in [-0.15, -0.1) is 0 Å². The number of anilines is 1. The van der Waals surface area contributed by atoms with Crippen LogP contribution in [0.5, 0.6) is 5.75 Å². The number of hydrogen-bond acceptors (Lipinski definition) is 5. The maximum Gasteiger partial charge on any atom is 0.490 e. The summed E-state index contributed by atoms with van der Waals surface area (Å²) in [4.78, 5) is 30.9. The van der Waals surface area contributed by atoms with Gasteiger partial charge < -0.3 is 30.2 Å². The molecule has 202 valence electrons. The number of nitrogens with one attached hydrogen (secondary N) is 3. The number of halogens is 3. The van der Waals surface area contributed by atoms with Crippen molar-refractivity contribution in [3.63, 3.8) is 0 Å². The van der Waals surface area contributed by atoms with E-state index >= 15 is 0 Å². The first-order valence-electron chi connectivity index (χ1n) is 11.6. The van der Waals surface area contributed by atoms with Crippen LogP contribution in [0.2, 0.25) is 0 Å². The number of imidazole rings is 1. The molecule has 0 aliphatic carbocycles. The van der Waals surface area contributed by atoms with Gasteiger partial charge in [-0.25, -0.2) is 9.78 Å². The largest absolute Gasteiger partial charge is 0.493 e. The van der Waals surface area contributed by atoms with E-state index in [1.807, 2.05) is 49.5 Å². The van der Waals surface area contributed by atoms with Crippen molar-refractivity contribution in [2.45, 2.75) is 31.9 Å². The molecule has 0 spiro atoms. The maximum absolute atomic E-state index is 11.6. The van der Waals surface area contributed by atoms with E-state index in [1.165, 1.54) is 0 Å². The molecule has 5 N–H and O–H groups in total. The van der Waals surface area contributed by atoms with Crippen LogP contribution < -0.4 is 10.1 Å². The molecule has 2 heterocycles. The van der Waals surface area contributed by atoms with Crippen LogP contribution >= 0.6 is 0 Å². The van der Waals surface area contributed by atoms with Crippen molar-refractivity contribution in [3.05, 3.63) is 77.7 Å². The lowest BCUT2D eigenvalue weighted by Crippen LogP contribution is -2.21. The molecule has 0 aliphatic heterocycles. The molecule has 1 unspecified atom stereocenters. The van der Waals surface area contributed by atoms with Crippen molar-refractivity contribution >= 4 is 28.8 Å². The summed E-state index contributed by atoms with van der Waals surface area (Å²) in [6.07, 6.45) is 1.19. The summed E-state index contributed by atoms with van der Waals surface area (Å²) in [5.41, 5.74) is 4.04. The number of carboxylic acids is 2. The van der Waals surface area contributed by atoms with E-state index in [0.29, 0.717) is 6.61 Å². The minimum absolute atomic E-state index is 0.0390. The smallest absolute Gasteiger partial charge is 0.490 e. The molecule has 2 aromatic carbocycles. The Kier molecular flexibility index (Phi) is 9.36. The van der Waals surface area contributed by atoms with E-state index in [9.17, 15) is 23.1 Å². The van der Waals surface area contributed by atoms with Gasteiger partial charge in [-0.1, -0.05) is 29.8 Å². The first-order chi connectivity index (χ1) is 18.0. The molecular weight excluding hydrogens is 505 g/mol. The number of ether oxygens (including phenoxy) is 1. The van der Waals surface area contributed by atoms with E-state index in [2.05, 4.69) is 26.3 Å². The van der Waals surface area contributed by atoms with Gasteiger partial charge in [0, 0.05) is 48.0 Å². The van der Waals surface area contributed by atoms with Crippen molar-refractivity contribution in [1.82, 2.24) is 15.0 Å². The van der Waals surface area contributed by atoms with Gasteiger partial charge in [-0.2, -0.15) is 13.2 Å². The van der Waals surface area contributed by atoms with Crippen molar-refractivity contribution < 1.29 is 37.7 Å². The van der Waals surface area contributed by atoms with Crippen LogP contribution in [-0.4, -0.2) is 56.4 Å². The molecule has 2 aromatic heterocycles. The second-order valence-corrected chi connectivity index (χ2v) is 8.39. The highest BCUT2D eigenvalue weighted by Crippen LogP contribution is 2.35. The number of carboxylic acid groups (broad SMARTS) is 2. The Labute approximate surface area is 215 Å². The molecule has 0 aliphatic rings. The highest BCUT2D eigenvalue weighted by atomic mass is 19.4. The topological polar surface area (TPSA) is 140 Å². The van der Waals surface area contributed by atoms with E-state index < -0.39 is 18.1 Å². The molecule has 4 rings (SSSR count). The summed E-state index contributed by atoms with van der Waals surface area (Å²) in [5, 5.41) is 20.8. The van der Waals surface area contributed by atoms with Crippen LogP contribution in [-0.2, 0) is 9.59 Å². The van der Waals surface area contributed by atoms with E-state index in [1.54, 1.807) is 12.4 Å². The summed E-state index contributed by atoms with van der Waals surface area (Å²) < 4.78 is 37.6. The molecule has 0 radical (unpaired) electrons. The average Bonchev–Trinajstić information content (AvgIpc) is 3.52. The zero-order chi connectivity index (χ0) is 27.7. The fraction of sp³-hybridized carbons (Fsp3) is 0.269. The maximum atomic E-state index is 11.6. The molecule has 0 saturated heterocycles.